The topological polar surface area (TPSA) is 46.2 Å². The van der Waals surface area contributed by atoms with Crippen LogP contribution < -0.4 is 5.73 Å². The standard InChI is InChI=1S/C11H23NO/c1-5-6-10(4,12)11(13)7-9(2,3)8-11/h13H,5-8,12H2,1-4H3. The summed E-state index contributed by atoms with van der Waals surface area (Å²) in [4.78, 5) is 0. The first kappa shape index (κ1) is 11.0. The van der Waals surface area contributed by atoms with Crippen molar-refractivity contribution in [1.29, 1.82) is 0 Å². The van der Waals surface area contributed by atoms with E-state index >= 15 is 0 Å². The lowest BCUT2D eigenvalue weighted by Gasteiger charge is -2.57. The molecule has 1 unspecified atom stereocenters. The van der Waals surface area contributed by atoms with Gasteiger partial charge in [-0.05, 0) is 31.6 Å². The van der Waals surface area contributed by atoms with Crippen LogP contribution in [0, 0.1) is 5.41 Å². The Hall–Kier alpha value is -0.0800. The zero-order valence-corrected chi connectivity index (χ0v) is 9.35. The molecule has 1 atom stereocenters. The molecule has 0 amide bonds. The largest absolute Gasteiger partial charge is 0.388 e. The van der Waals surface area contributed by atoms with E-state index in [2.05, 4.69) is 20.8 Å². The zero-order chi connectivity index (χ0) is 10.3. The third-order valence-electron chi connectivity index (χ3n) is 3.37. The number of aliphatic hydroxyl groups is 1. The van der Waals surface area contributed by atoms with Crippen molar-refractivity contribution >= 4 is 0 Å². The summed E-state index contributed by atoms with van der Waals surface area (Å²) in [5.41, 5.74) is 5.39. The van der Waals surface area contributed by atoms with Gasteiger partial charge in [-0.2, -0.15) is 0 Å². The summed E-state index contributed by atoms with van der Waals surface area (Å²) in [7, 11) is 0. The quantitative estimate of drug-likeness (QED) is 0.707. The summed E-state index contributed by atoms with van der Waals surface area (Å²) >= 11 is 0. The van der Waals surface area contributed by atoms with Crippen molar-refractivity contribution in [2.45, 2.75) is 64.5 Å². The Labute approximate surface area is 81.5 Å². The molecule has 0 aromatic heterocycles. The molecule has 1 rings (SSSR count). The fourth-order valence-corrected chi connectivity index (χ4v) is 2.69. The fraction of sp³-hybridized carbons (Fsp3) is 1.00. The Balaban J connectivity index is 2.62. The van der Waals surface area contributed by atoms with E-state index in [1.807, 2.05) is 6.92 Å². The molecule has 3 N–H and O–H groups in total. The Bertz CT molecular complexity index is 188. The third kappa shape index (κ3) is 1.89. The van der Waals surface area contributed by atoms with Crippen molar-refractivity contribution in [3.05, 3.63) is 0 Å². The summed E-state index contributed by atoms with van der Waals surface area (Å²) in [6.07, 6.45) is 3.62. The Morgan fingerprint density at radius 2 is 1.85 bits per heavy atom. The van der Waals surface area contributed by atoms with Crippen LogP contribution in [0.1, 0.15) is 53.4 Å². The Morgan fingerprint density at radius 1 is 1.38 bits per heavy atom. The van der Waals surface area contributed by atoms with Gasteiger partial charge in [-0.1, -0.05) is 27.2 Å². The van der Waals surface area contributed by atoms with Gasteiger partial charge < -0.3 is 10.8 Å². The lowest BCUT2D eigenvalue weighted by Crippen LogP contribution is -2.67. The lowest BCUT2D eigenvalue weighted by molar-refractivity contribution is -0.158. The molecule has 0 bridgehead atoms. The minimum atomic E-state index is -0.619. The molecule has 0 aliphatic heterocycles. The van der Waals surface area contributed by atoms with Crippen molar-refractivity contribution in [1.82, 2.24) is 0 Å². The maximum atomic E-state index is 10.3. The molecule has 13 heavy (non-hydrogen) atoms. The Morgan fingerprint density at radius 3 is 2.15 bits per heavy atom. The number of rotatable bonds is 3. The molecule has 0 aromatic rings. The van der Waals surface area contributed by atoms with Gasteiger partial charge in [0.15, 0.2) is 0 Å². The van der Waals surface area contributed by atoms with Crippen LogP contribution in [0.2, 0.25) is 0 Å². The normalized spacial score (nSPS) is 29.1. The zero-order valence-electron chi connectivity index (χ0n) is 9.35. The molecule has 2 heteroatoms. The van der Waals surface area contributed by atoms with E-state index < -0.39 is 11.1 Å². The van der Waals surface area contributed by atoms with Gasteiger partial charge in [-0.15, -0.1) is 0 Å². The van der Waals surface area contributed by atoms with Crippen LogP contribution in [0.25, 0.3) is 0 Å². The molecule has 0 aromatic carbocycles. The fourth-order valence-electron chi connectivity index (χ4n) is 2.69. The van der Waals surface area contributed by atoms with Crippen LogP contribution in [0.5, 0.6) is 0 Å². The maximum absolute atomic E-state index is 10.3. The number of hydrogen-bond donors (Lipinski definition) is 2. The van der Waals surface area contributed by atoms with E-state index in [-0.39, 0.29) is 5.41 Å². The van der Waals surface area contributed by atoms with Crippen molar-refractivity contribution in [2.75, 3.05) is 0 Å². The molecule has 1 aliphatic rings. The van der Waals surface area contributed by atoms with Crippen molar-refractivity contribution < 1.29 is 5.11 Å². The molecule has 0 heterocycles. The summed E-state index contributed by atoms with van der Waals surface area (Å²) in [6, 6.07) is 0. The maximum Gasteiger partial charge on any atom is 0.0833 e. The Kier molecular flexibility index (Phi) is 2.50. The van der Waals surface area contributed by atoms with E-state index in [0.29, 0.717) is 0 Å². The summed E-state index contributed by atoms with van der Waals surface area (Å²) < 4.78 is 0. The third-order valence-corrected chi connectivity index (χ3v) is 3.37. The molecule has 0 saturated heterocycles. The van der Waals surface area contributed by atoms with Crippen molar-refractivity contribution in [3.8, 4) is 0 Å². The van der Waals surface area contributed by atoms with Crippen LogP contribution in [0.3, 0.4) is 0 Å². The van der Waals surface area contributed by atoms with Gasteiger partial charge in [0.2, 0.25) is 0 Å². The summed E-state index contributed by atoms with van der Waals surface area (Å²) in [5.74, 6) is 0. The molecule has 1 saturated carbocycles. The highest BCUT2D eigenvalue weighted by atomic mass is 16.3. The van der Waals surface area contributed by atoms with Gasteiger partial charge in [0.05, 0.1) is 5.60 Å². The molecule has 2 nitrogen and oxygen atoms in total. The van der Waals surface area contributed by atoms with Crippen molar-refractivity contribution in [3.63, 3.8) is 0 Å². The molecular weight excluding hydrogens is 162 g/mol. The van der Waals surface area contributed by atoms with Gasteiger partial charge in [-0.25, -0.2) is 0 Å². The predicted molar refractivity (Wildman–Crippen MR) is 55.5 cm³/mol. The first-order chi connectivity index (χ1) is 5.72. The van der Waals surface area contributed by atoms with Crippen LogP contribution in [-0.2, 0) is 0 Å². The average Bonchev–Trinajstić information content (AvgIpc) is 1.81. The first-order valence-corrected chi connectivity index (χ1v) is 5.24. The minimum Gasteiger partial charge on any atom is -0.388 e. The molecule has 78 valence electrons. The molecule has 0 spiro atoms. The number of hydrogen-bond acceptors (Lipinski definition) is 2. The SMILES string of the molecule is CCCC(C)(N)C1(O)CC(C)(C)C1. The van der Waals surface area contributed by atoms with Gasteiger partial charge in [0.1, 0.15) is 0 Å². The second kappa shape index (κ2) is 2.96. The minimum absolute atomic E-state index is 0.281. The lowest BCUT2D eigenvalue weighted by atomic mass is 9.54. The average molecular weight is 185 g/mol. The summed E-state index contributed by atoms with van der Waals surface area (Å²) in [6.45, 7) is 8.46. The van der Waals surface area contributed by atoms with Gasteiger partial charge in [0.25, 0.3) is 0 Å². The highest BCUT2D eigenvalue weighted by molar-refractivity contribution is 5.11. The second-order valence-corrected chi connectivity index (χ2v) is 5.72. The highest BCUT2D eigenvalue weighted by Crippen LogP contribution is 2.52. The van der Waals surface area contributed by atoms with Crippen LogP contribution in [-0.4, -0.2) is 16.2 Å². The van der Waals surface area contributed by atoms with Gasteiger partial charge in [-0.3, -0.25) is 0 Å². The molecular formula is C11H23NO. The smallest absolute Gasteiger partial charge is 0.0833 e. The van der Waals surface area contributed by atoms with Crippen molar-refractivity contribution in [2.24, 2.45) is 11.1 Å². The van der Waals surface area contributed by atoms with E-state index in [1.165, 1.54) is 0 Å². The van der Waals surface area contributed by atoms with E-state index in [0.717, 1.165) is 25.7 Å². The van der Waals surface area contributed by atoms with E-state index in [4.69, 9.17) is 5.73 Å². The highest BCUT2D eigenvalue weighted by Gasteiger charge is 2.56. The second-order valence-electron chi connectivity index (χ2n) is 5.72. The van der Waals surface area contributed by atoms with Gasteiger partial charge in [0, 0.05) is 5.54 Å². The van der Waals surface area contributed by atoms with E-state index in [1.54, 1.807) is 0 Å². The van der Waals surface area contributed by atoms with Gasteiger partial charge >= 0.3 is 0 Å². The van der Waals surface area contributed by atoms with Crippen LogP contribution in [0.15, 0.2) is 0 Å². The first-order valence-electron chi connectivity index (χ1n) is 5.24. The van der Waals surface area contributed by atoms with Crippen LogP contribution in [0.4, 0.5) is 0 Å². The number of nitrogens with two attached hydrogens (primary N) is 1. The predicted octanol–water partition coefficient (Wildman–Crippen LogP) is 2.05. The molecule has 1 aliphatic carbocycles. The summed E-state index contributed by atoms with van der Waals surface area (Å²) in [5, 5.41) is 10.3. The molecule has 1 fully saturated rings. The van der Waals surface area contributed by atoms with Crippen LogP contribution >= 0.6 is 0 Å². The molecule has 0 radical (unpaired) electrons. The monoisotopic (exact) mass is 185 g/mol. The van der Waals surface area contributed by atoms with E-state index in [9.17, 15) is 5.11 Å².